The van der Waals surface area contributed by atoms with Crippen LogP contribution in [0.4, 0.5) is 11.8 Å². The number of aliphatic hydroxyl groups excluding tert-OH is 3. The van der Waals surface area contributed by atoms with Crippen LogP contribution in [0, 0.1) is 18.8 Å². The van der Waals surface area contributed by atoms with Gasteiger partial charge < -0.3 is 26.0 Å². The molecule has 4 atom stereocenters. The van der Waals surface area contributed by atoms with Gasteiger partial charge in [0.2, 0.25) is 5.95 Å². The van der Waals surface area contributed by atoms with Crippen LogP contribution in [0.5, 0.6) is 0 Å². The Labute approximate surface area is 183 Å². The molecule has 3 aromatic rings. The first-order chi connectivity index (χ1) is 15.0. The minimum Gasteiger partial charge on any atom is -0.396 e. The molecule has 5 rings (SSSR count). The van der Waals surface area contributed by atoms with Crippen LogP contribution in [0.25, 0.3) is 20.8 Å². The molecule has 5 N–H and O–H groups in total. The van der Waals surface area contributed by atoms with Crippen molar-refractivity contribution in [3.63, 3.8) is 0 Å². The normalized spacial score (nSPS) is 25.8. The van der Waals surface area contributed by atoms with E-state index in [1.807, 2.05) is 13.0 Å². The molecule has 31 heavy (non-hydrogen) atoms. The third kappa shape index (κ3) is 4.08. The topological polar surface area (TPSA) is 136 Å². The monoisotopic (exact) mass is 442 g/mol. The van der Waals surface area contributed by atoms with E-state index in [-0.39, 0.29) is 12.5 Å². The van der Waals surface area contributed by atoms with E-state index in [2.05, 4.69) is 20.6 Å². The van der Waals surface area contributed by atoms with Gasteiger partial charge >= 0.3 is 0 Å². The van der Waals surface area contributed by atoms with Gasteiger partial charge in [0, 0.05) is 25.3 Å². The van der Waals surface area contributed by atoms with E-state index in [9.17, 15) is 15.3 Å². The Morgan fingerprint density at radius 3 is 2.71 bits per heavy atom. The van der Waals surface area contributed by atoms with Crippen molar-refractivity contribution in [2.24, 2.45) is 11.8 Å². The number of anilines is 2. The molecular formula is C21H26N6O3S. The number of aliphatic hydroxyl groups is 3. The predicted molar refractivity (Wildman–Crippen MR) is 119 cm³/mol. The molecule has 0 bridgehead atoms. The Morgan fingerprint density at radius 2 is 2.00 bits per heavy atom. The Hall–Kier alpha value is -2.40. The average Bonchev–Trinajstić information content (AvgIpc) is 3.44. The van der Waals surface area contributed by atoms with Crippen LogP contribution in [0.15, 0.2) is 18.5 Å². The number of nitrogens with zero attached hydrogens (tertiary/aromatic N) is 4. The maximum absolute atomic E-state index is 10.5. The molecular weight excluding hydrogens is 416 g/mol. The van der Waals surface area contributed by atoms with Crippen LogP contribution >= 0.6 is 11.3 Å². The zero-order valence-corrected chi connectivity index (χ0v) is 18.0. The largest absolute Gasteiger partial charge is 0.396 e. The zero-order valence-electron chi connectivity index (χ0n) is 17.2. The second kappa shape index (κ2) is 8.27. The third-order valence-electron chi connectivity index (χ3n) is 6.10. The molecule has 0 aromatic carbocycles. The summed E-state index contributed by atoms with van der Waals surface area (Å²) in [6.07, 6.45) is 4.39. The van der Waals surface area contributed by atoms with Crippen molar-refractivity contribution < 1.29 is 15.3 Å². The molecule has 0 radical (unpaired) electrons. The van der Waals surface area contributed by atoms with Crippen molar-refractivity contribution in [2.75, 3.05) is 23.8 Å². The van der Waals surface area contributed by atoms with Crippen LogP contribution < -0.4 is 10.6 Å². The Kier molecular flexibility index (Phi) is 5.47. The lowest BCUT2D eigenvalue weighted by molar-refractivity contribution is 0.00446. The molecule has 0 unspecified atom stereocenters. The molecule has 2 aliphatic rings. The number of aryl methyl sites for hydroxylation is 1. The van der Waals surface area contributed by atoms with Gasteiger partial charge in [0.15, 0.2) is 0 Å². The summed E-state index contributed by atoms with van der Waals surface area (Å²) in [6.45, 7) is 2.58. The number of fused-ring (bicyclic) bond motifs is 1. The molecule has 2 fully saturated rings. The molecule has 3 heterocycles. The van der Waals surface area contributed by atoms with Crippen molar-refractivity contribution in [2.45, 2.75) is 44.4 Å². The molecule has 0 amide bonds. The van der Waals surface area contributed by atoms with Gasteiger partial charge in [0.25, 0.3) is 0 Å². The summed E-state index contributed by atoms with van der Waals surface area (Å²) >= 11 is 1.53. The van der Waals surface area contributed by atoms with E-state index < -0.39 is 18.2 Å². The van der Waals surface area contributed by atoms with Crippen LogP contribution in [0.2, 0.25) is 0 Å². The van der Waals surface area contributed by atoms with Crippen LogP contribution in [-0.4, -0.2) is 66.7 Å². The van der Waals surface area contributed by atoms with Gasteiger partial charge in [-0.3, -0.25) is 4.98 Å². The third-order valence-corrected chi connectivity index (χ3v) is 7.15. The molecule has 2 aliphatic carbocycles. The van der Waals surface area contributed by atoms with E-state index >= 15 is 0 Å². The highest BCUT2D eigenvalue weighted by Crippen LogP contribution is 2.38. The van der Waals surface area contributed by atoms with Crippen LogP contribution in [0.3, 0.4) is 0 Å². The Bertz CT molecular complexity index is 1060. The number of hydrogen-bond donors (Lipinski definition) is 5. The summed E-state index contributed by atoms with van der Waals surface area (Å²) in [6, 6.07) is 1.49. The number of hydrogen-bond acceptors (Lipinski definition) is 10. The summed E-state index contributed by atoms with van der Waals surface area (Å²) in [5, 5.41) is 37.7. The minimum absolute atomic E-state index is 0.175. The molecule has 0 saturated heterocycles. The molecule has 10 heteroatoms. The SMILES string of the molecule is Cc1nc(NCC2CC2)nc(N[C@@H]2C[C@H](CO)[C@@H](O)[C@H]2O)c1-c1nc2cnccc2s1. The van der Waals surface area contributed by atoms with Crippen molar-refractivity contribution in [1.82, 2.24) is 19.9 Å². The van der Waals surface area contributed by atoms with Gasteiger partial charge in [-0.2, -0.15) is 4.98 Å². The number of pyridine rings is 1. The fourth-order valence-electron chi connectivity index (χ4n) is 4.08. The summed E-state index contributed by atoms with van der Waals surface area (Å²) in [5.74, 6) is 1.39. The van der Waals surface area contributed by atoms with E-state index in [1.165, 1.54) is 24.2 Å². The summed E-state index contributed by atoms with van der Waals surface area (Å²) in [5.41, 5.74) is 2.35. The standard InChI is InChI=1S/C21H26N6O3S/c1-10-16(20-26-14-8-22-5-4-15(14)31-20)19(27-21(24-10)23-7-11-2-3-11)25-13-6-12(9-28)17(29)18(13)30/h4-5,8,11-13,17-18,28-30H,2-3,6-7,9H2,1H3,(H2,23,24,25,27)/t12-,13-,17-,18+/m1/s1. The minimum atomic E-state index is -0.997. The highest BCUT2D eigenvalue weighted by Gasteiger charge is 2.41. The maximum atomic E-state index is 10.5. The van der Waals surface area contributed by atoms with Crippen LogP contribution in [0.1, 0.15) is 25.0 Å². The van der Waals surface area contributed by atoms with Crippen molar-refractivity contribution in [3.8, 4) is 10.6 Å². The summed E-state index contributed by atoms with van der Waals surface area (Å²) < 4.78 is 1.02. The first-order valence-corrected chi connectivity index (χ1v) is 11.4. The predicted octanol–water partition coefficient (Wildman–Crippen LogP) is 1.79. The number of thiazole rings is 1. The van der Waals surface area contributed by atoms with Crippen LogP contribution in [-0.2, 0) is 0 Å². The smallest absolute Gasteiger partial charge is 0.224 e. The Morgan fingerprint density at radius 1 is 1.16 bits per heavy atom. The number of aromatic nitrogens is 4. The van der Waals surface area contributed by atoms with E-state index in [4.69, 9.17) is 9.97 Å². The molecule has 2 saturated carbocycles. The first-order valence-electron chi connectivity index (χ1n) is 10.6. The van der Waals surface area contributed by atoms with Crippen molar-refractivity contribution in [3.05, 3.63) is 24.2 Å². The fraction of sp³-hybridized carbons (Fsp3) is 0.524. The lowest BCUT2D eigenvalue weighted by Gasteiger charge is -2.21. The van der Waals surface area contributed by atoms with Gasteiger partial charge in [-0.1, -0.05) is 0 Å². The van der Waals surface area contributed by atoms with Gasteiger partial charge in [0.1, 0.15) is 22.4 Å². The number of nitrogens with one attached hydrogen (secondary N) is 2. The summed E-state index contributed by atoms with van der Waals surface area (Å²) in [4.78, 5) is 18.2. The van der Waals surface area contributed by atoms with Gasteiger partial charge in [-0.05, 0) is 38.2 Å². The molecule has 164 valence electrons. The average molecular weight is 443 g/mol. The quantitative estimate of drug-likeness (QED) is 0.371. The van der Waals surface area contributed by atoms with Gasteiger partial charge in [-0.25, -0.2) is 9.97 Å². The highest BCUT2D eigenvalue weighted by molar-refractivity contribution is 7.21. The molecule has 9 nitrogen and oxygen atoms in total. The molecule has 0 spiro atoms. The van der Waals surface area contributed by atoms with Crippen molar-refractivity contribution in [1.29, 1.82) is 0 Å². The first kappa shape index (κ1) is 20.5. The van der Waals surface area contributed by atoms with Gasteiger partial charge in [0.05, 0.1) is 34.3 Å². The maximum Gasteiger partial charge on any atom is 0.224 e. The lowest BCUT2D eigenvalue weighted by atomic mass is 10.1. The Balaban J connectivity index is 1.52. The van der Waals surface area contributed by atoms with E-state index in [0.29, 0.717) is 24.1 Å². The zero-order chi connectivity index (χ0) is 21.5. The lowest BCUT2D eigenvalue weighted by Crippen LogP contribution is -2.35. The van der Waals surface area contributed by atoms with Gasteiger partial charge in [-0.15, -0.1) is 11.3 Å². The summed E-state index contributed by atoms with van der Waals surface area (Å²) in [7, 11) is 0. The van der Waals surface area contributed by atoms with E-state index in [1.54, 1.807) is 12.4 Å². The number of rotatable bonds is 7. The molecule has 0 aliphatic heterocycles. The van der Waals surface area contributed by atoms with Crippen molar-refractivity contribution >= 4 is 33.3 Å². The molecule has 3 aromatic heterocycles. The second-order valence-corrected chi connectivity index (χ2v) is 9.48. The van der Waals surface area contributed by atoms with E-state index in [0.717, 1.165) is 33.0 Å². The second-order valence-electron chi connectivity index (χ2n) is 8.45. The highest BCUT2D eigenvalue weighted by atomic mass is 32.1. The fourth-order valence-corrected chi connectivity index (χ4v) is 5.11.